The Morgan fingerprint density at radius 1 is 1.41 bits per heavy atom. The molecule has 0 atom stereocenters. The summed E-state index contributed by atoms with van der Waals surface area (Å²) in [4.78, 5) is 10.5. The molecule has 0 saturated heterocycles. The molecule has 0 spiro atoms. The van der Waals surface area contributed by atoms with Crippen LogP contribution in [-0.4, -0.2) is 32.7 Å². The normalized spacial score (nSPS) is 16.8. The molecule has 17 heavy (non-hydrogen) atoms. The third kappa shape index (κ3) is 1.84. The molecule has 1 aliphatic carbocycles. The van der Waals surface area contributed by atoms with Crippen LogP contribution in [0.5, 0.6) is 0 Å². The molecule has 2 aromatic heterocycles. The Bertz CT molecular complexity index is 532. The van der Waals surface area contributed by atoms with E-state index >= 15 is 0 Å². The molecule has 2 aromatic rings. The van der Waals surface area contributed by atoms with Crippen LogP contribution >= 0.6 is 11.6 Å². The zero-order chi connectivity index (χ0) is 11.8. The van der Waals surface area contributed by atoms with Crippen molar-refractivity contribution in [3.8, 4) is 0 Å². The lowest BCUT2D eigenvalue weighted by Gasteiger charge is -2.26. The van der Waals surface area contributed by atoms with Gasteiger partial charge in [0, 0.05) is 19.2 Å². The molecule has 0 bridgehead atoms. The largest absolute Gasteiger partial charge is 0.356 e. The monoisotopic (exact) mass is 251 g/mol. The Morgan fingerprint density at radius 2 is 2.18 bits per heavy atom. The minimum atomic E-state index is 0.463. The Labute approximate surface area is 104 Å². The Kier molecular flexibility index (Phi) is 2.63. The van der Waals surface area contributed by atoms with Gasteiger partial charge in [-0.15, -0.1) is 0 Å². The van der Waals surface area contributed by atoms with Gasteiger partial charge in [0.25, 0.3) is 5.78 Å². The number of rotatable bonds is 2. The van der Waals surface area contributed by atoms with E-state index in [9.17, 15) is 0 Å². The average Bonchev–Trinajstić information content (AvgIpc) is 2.97. The summed E-state index contributed by atoms with van der Waals surface area (Å²) < 4.78 is 1.74. The van der Waals surface area contributed by atoms with E-state index in [1.807, 2.05) is 6.07 Å². The Hall–Kier alpha value is -1.36. The quantitative estimate of drug-likeness (QED) is 0.768. The van der Waals surface area contributed by atoms with Gasteiger partial charge in [0.2, 0.25) is 0 Å². The predicted molar refractivity (Wildman–Crippen MR) is 66.5 cm³/mol. The highest BCUT2D eigenvalue weighted by Crippen LogP contribution is 2.27. The van der Waals surface area contributed by atoms with E-state index in [0.717, 1.165) is 5.82 Å². The van der Waals surface area contributed by atoms with Crippen molar-refractivity contribution < 1.29 is 0 Å². The molecule has 6 heteroatoms. The first-order chi connectivity index (χ1) is 8.25. The highest BCUT2D eigenvalue weighted by atomic mass is 35.5. The van der Waals surface area contributed by atoms with Gasteiger partial charge in [-0.05, 0) is 12.8 Å². The zero-order valence-electron chi connectivity index (χ0n) is 9.67. The molecular formula is C11H14ClN5. The van der Waals surface area contributed by atoms with Gasteiger partial charge in [0.15, 0.2) is 0 Å². The number of nitrogens with zero attached hydrogens (tertiary/aromatic N) is 5. The maximum atomic E-state index is 6.01. The molecule has 1 fully saturated rings. The SMILES string of the molecule is CN(c1cc(Cl)nc2ncnn12)C1CCCC1. The van der Waals surface area contributed by atoms with Gasteiger partial charge in [-0.25, -0.2) is 0 Å². The summed E-state index contributed by atoms with van der Waals surface area (Å²) in [6.45, 7) is 0. The van der Waals surface area contributed by atoms with E-state index in [-0.39, 0.29) is 0 Å². The van der Waals surface area contributed by atoms with Crippen molar-refractivity contribution in [1.29, 1.82) is 0 Å². The first kappa shape index (κ1) is 10.8. The second-order valence-electron chi connectivity index (χ2n) is 4.46. The van der Waals surface area contributed by atoms with Crippen LogP contribution < -0.4 is 4.90 Å². The molecule has 0 N–H and O–H groups in total. The minimum absolute atomic E-state index is 0.463. The first-order valence-electron chi connectivity index (χ1n) is 5.85. The summed E-state index contributed by atoms with van der Waals surface area (Å²) in [5.74, 6) is 1.52. The fourth-order valence-electron chi connectivity index (χ4n) is 2.50. The number of hydrogen-bond donors (Lipinski definition) is 0. The van der Waals surface area contributed by atoms with E-state index in [2.05, 4.69) is 27.0 Å². The molecule has 0 aromatic carbocycles. The van der Waals surface area contributed by atoms with Crippen LogP contribution in [0.3, 0.4) is 0 Å². The molecule has 0 unspecified atom stereocenters. The van der Waals surface area contributed by atoms with Crippen LogP contribution in [0.1, 0.15) is 25.7 Å². The van der Waals surface area contributed by atoms with Gasteiger partial charge in [0.1, 0.15) is 17.3 Å². The number of halogens is 1. The smallest absolute Gasteiger partial charge is 0.255 e. The van der Waals surface area contributed by atoms with Crippen LogP contribution in [0, 0.1) is 0 Å². The molecular weight excluding hydrogens is 238 g/mol. The van der Waals surface area contributed by atoms with Crippen LogP contribution in [0.4, 0.5) is 5.82 Å². The summed E-state index contributed by atoms with van der Waals surface area (Å²) in [7, 11) is 2.09. The minimum Gasteiger partial charge on any atom is -0.356 e. The number of fused-ring (bicyclic) bond motifs is 1. The number of anilines is 1. The van der Waals surface area contributed by atoms with Crippen molar-refractivity contribution >= 4 is 23.2 Å². The third-order valence-electron chi connectivity index (χ3n) is 3.44. The van der Waals surface area contributed by atoms with Gasteiger partial charge in [-0.3, -0.25) is 0 Å². The fourth-order valence-corrected chi connectivity index (χ4v) is 2.67. The lowest BCUT2D eigenvalue weighted by atomic mass is 10.2. The molecule has 1 saturated carbocycles. The molecule has 3 rings (SSSR count). The maximum absolute atomic E-state index is 6.01. The van der Waals surface area contributed by atoms with Crippen LogP contribution in [-0.2, 0) is 0 Å². The third-order valence-corrected chi connectivity index (χ3v) is 3.63. The Balaban J connectivity index is 2.05. The summed E-state index contributed by atoms with van der Waals surface area (Å²) >= 11 is 6.01. The summed E-state index contributed by atoms with van der Waals surface area (Å²) in [5.41, 5.74) is 0. The van der Waals surface area contributed by atoms with Gasteiger partial charge in [-0.1, -0.05) is 24.4 Å². The molecule has 5 nitrogen and oxygen atoms in total. The van der Waals surface area contributed by atoms with Gasteiger partial charge >= 0.3 is 0 Å². The van der Waals surface area contributed by atoms with E-state index in [0.29, 0.717) is 17.0 Å². The summed E-state index contributed by atoms with van der Waals surface area (Å²) in [6, 6.07) is 2.42. The average molecular weight is 252 g/mol. The molecule has 0 amide bonds. The van der Waals surface area contributed by atoms with Crippen molar-refractivity contribution in [2.75, 3.05) is 11.9 Å². The molecule has 0 radical (unpaired) electrons. The van der Waals surface area contributed by atoms with Crippen LogP contribution in [0.2, 0.25) is 5.15 Å². The highest BCUT2D eigenvalue weighted by molar-refractivity contribution is 6.29. The van der Waals surface area contributed by atoms with Crippen LogP contribution in [0.15, 0.2) is 12.4 Å². The first-order valence-corrected chi connectivity index (χ1v) is 6.22. The standard InChI is InChI=1S/C11H14ClN5/c1-16(8-4-2-3-5-8)10-6-9(12)15-11-13-7-14-17(10)11/h6-8H,2-5H2,1H3. The summed E-state index contributed by atoms with van der Waals surface area (Å²) in [6.07, 6.45) is 6.56. The molecule has 2 heterocycles. The molecule has 90 valence electrons. The van der Waals surface area contributed by atoms with E-state index in [1.54, 1.807) is 4.52 Å². The molecule has 0 aliphatic heterocycles. The number of hydrogen-bond acceptors (Lipinski definition) is 4. The van der Waals surface area contributed by atoms with Crippen molar-refractivity contribution in [3.05, 3.63) is 17.5 Å². The lowest BCUT2D eigenvalue weighted by Crippen LogP contribution is -2.30. The Morgan fingerprint density at radius 3 is 2.94 bits per heavy atom. The lowest BCUT2D eigenvalue weighted by molar-refractivity contribution is 0.637. The van der Waals surface area contributed by atoms with Crippen molar-refractivity contribution in [2.45, 2.75) is 31.7 Å². The summed E-state index contributed by atoms with van der Waals surface area (Å²) in [5, 5.41) is 4.66. The zero-order valence-corrected chi connectivity index (χ0v) is 10.4. The van der Waals surface area contributed by atoms with Crippen molar-refractivity contribution in [2.24, 2.45) is 0 Å². The van der Waals surface area contributed by atoms with E-state index in [4.69, 9.17) is 11.6 Å². The highest BCUT2D eigenvalue weighted by Gasteiger charge is 2.22. The second-order valence-corrected chi connectivity index (χ2v) is 4.85. The fraction of sp³-hybridized carbons (Fsp3) is 0.545. The van der Waals surface area contributed by atoms with Gasteiger partial charge in [0.05, 0.1) is 0 Å². The second kappa shape index (κ2) is 4.14. The maximum Gasteiger partial charge on any atom is 0.255 e. The van der Waals surface area contributed by atoms with E-state index < -0.39 is 0 Å². The topological polar surface area (TPSA) is 46.3 Å². The van der Waals surface area contributed by atoms with Gasteiger partial charge < -0.3 is 4.90 Å². The van der Waals surface area contributed by atoms with Gasteiger partial charge in [-0.2, -0.15) is 19.6 Å². The van der Waals surface area contributed by atoms with Crippen molar-refractivity contribution in [1.82, 2.24) is 19.6 Å². The molecule has 1 aliphatic rings. The van der Waals surface area contributed by atoms with Crippen LogP contribution in [0.25, 0.3) is 5.78 Å². The van der Waals surface area contributed by atoms with Crippen molar-refractivity contribution in [3.63, 3.8) is 0 Å². The van der Waals surface area contributed by atoms with E-state index in [1.165, 1.54) is 32.0 Å². The predicted octanol–water partition coefficient (Wildman–Crippen LogP) is 2.16. The number of aromatic nitrogens is 4.